The molecule has 1 heterocycles. The Kier molecular flexibility index (Phi) is 7.97. The predicted molar refractivity (Wildman–Crippen MR) is 135 cm³/mol. The molecule has 0 aliphatic carbocycles. The van der Waals surface area contributed by atoms with Crippen LogP contribution in [0.4, 0.5) is 0 Å². The van der Waals surface area contributed by atoms with Gasteiger partial charge in [0.25, 0.3) is 11.8 Å². The van der Waals surface area contributed by atoms with Gasteiger partial charge in [0.05, 0.1) is 5.02 Å². The minimum Gasteiger partial charge on any atom is -0.349 e. The molecule has 1 N–H and O–H groups in total. The van der Waals surface area contributed by atoms with Crippen LogP contribution in [-0.4, -0.2) is 35.8 Å². The van der Waals surface area contributed by atoms with E-state index in [1.807, 2.05) is 53.4 Å². The number of likely N-dealkylation sites (tertiary alicyclic amines) is 1. The number of thioether (sulfide) groups is 1. The number of hydrogen-bond donors (Lipinski definition) is 1. The van der Waals surface area contributed by atoms with Crippen LogP contribution in [0.5, 0.6) is 0 Å². The number of hydrogen-bond acceptors (Lipinski definition) is 3. The highest BCUT2D eigenvalue weighted by Crippen LogP contribution is 2.32. The highest BCUT2D eigenvalue weighted by Gasteiger charge is 2.25. The monoisotopic (exact) mass is 498 g/mol. The average molecular weight is 499 g/mol. The minimum absolute atomic E-state index is 0.0236. The van der Waals surface area contributed by atoms with E-state index >= 15 is 0 Å². The van der Waals surface area contributed by atoms with E-state index < -0.39 is 0 Å². The van der Waals surface area contributed by atoms with Crippen LogP contribution < -0.4 is 5.32 Å². The van der Waals surface area contributed by atoms with Crippen molar-refractivity contribution in [2.24, 2.45) is 0 Å². The summed E-state index contributed by atoms with van der Waals surface area (Å²) >= 11 is 13.9. The molecule has 1 aliphatic rings. The first-order chi connectivity index (χ1) is 16.0. The van der Waals surface area contributed by atoms with Crippen molar-refractivity contribution in [1.82, 2.24) is 10.2 Å². The van der Waals surface area contributed by atoms with Crippen molar-refractivity contribution in [3.05, 3.63) is 99.5 Å². The fourth-order valence-electron chi connectivity index (χ4n) is 3.81. The first kappa shape index (κ1) is 23.7. The Morgan fingerprint density at radius 2 is 1.64 bits per heavy atom. The average Bonchev–Trinajstić information content (AvgIpc) is 2.85. The topological polar surface area (TPSA) is 49.4 Å². The summed E-state index contributed by atoms with van der Waals surface area (Å²) in [6, 6.07) is 22.4. The van der Waals surface area contributed by atoms with E-state index in [0.717, 1.165) is 23.3 Å². The number of carbonyl (C=O) groups is 2. The molecule has 0 spiro atoms. The lowest BCUT2D eigenvalue weighted by atomic mass is 10.0. The second kappa shape index (κ2) is 11.1. The normalized spacial score (nSPS) is 14.2. The molecule has 170 valence electrons. The third-order valence-electron chi connectivity index (χ3n) is 5.61. The third kappa shape index (κ3) is 6.32. The van der Waals surface area contributed by atoms with Crippen molar-refractivity contribution >= 4 is 46.8 Å². The lowest BCUT2D eigenvalue weighted by Crippen LogP contribution is -2.46. The number of nitrogens with zero attached hydrogens (tertiary/aromatic N) is 1. The van der Waals surface area contributed by atoms with Crippen LogP contribution >= 0.6 is 35.0 Å². The minimum atomic E-state index is -0.0645. The molecule has 1 fully saturated rings. The molecule has 1 aliphatic heterocycles. The highest BCUT2D eigenvalue weighted by molar-refractivity contribution is 7.98. The first-order valence-corrected chi connectivity index (χ1v) is 12.6. The number of rotatable bonds is 6. The molecule has 1 saturated heterocycles. The molecule has 3 aromatic carbocycles. The lowest BCUT2D eigenvalue weighted by molar-refractivity contribution is 0.0698. The Morgan fingerprint density at radius 3 is 2.39 bits per heavy atom. The zero-order chi connectivity index (χ0) is 23.2. The summed E-state index contributed by atoms with van der Waals surface area (Å²) in [6.45, 7) is 1.24. The summed E-state index contributed by atoms with van der Waals surface area (Å²) in [6.07, 6.45) is 1.49. The van der Waals surface area contributed by atoms with Gasteiger partial charge in [0.15, 0.2) is 0 Å². The maximum atomic E-state index is 13.1. The number of carbonyl (C=O) groups excluding carboxylic acids is 2. The van der Waals surface area contributed by atoms with E-state index in [0.29, 0.717) is 40.0 Å². The van der Waals surface area contributed by atoms with E-state index in [-0.39, 0.29) is 17.9 Å². The first-order valence-electron chi connectivity index (χ1n) is 10.8. The molecule has 0 radical (unpaired) electrons. The van der Waals surface area contributed by atoms with Crippen LogP contribution in [-0.2, 0) is 5.75 Å². The van der Waals surface area contributed by atoms with Crippen molar-refractivity contribution < 1.29 is 9.59 Å². The van der Waals surface area contributed by atoms with Crippen molar-refractivity contribution in [1.29, 1.82) is 0 Å². The van der Waals surface area contributed by atoms with Gasteiger partial charge in [0, 0.05) is 45.9 Å². The molecule has 0 bridgehead atoms. The predicted octanol–water partition coefficient (Wildman–Crippen LogP) is 6.32. The maximum Gasteiger partial charge on any atom is 0.253 e. The fraction of sp³-hybridized carbons (Fsp3) is 0.231. The summed E-state index contributed by atoms with van der Waals surface area (Å²) in [5.41, 5.74) is 2.38. The van der Waals surface area contributed by atoms with Gasteiger partial charge in [-0.15, -0.1) is 11.8 Å². The van der Waals surface area contributed by atoms with E-state index in [2.05, 4.69) is 5.32 Å². The standard InChI is InChI=1S/C26H24Cl2N2O2S/c27-21-9-10-23(28)24(16-21)33-17-18-5-4-8-20(15-18)26(32)30-13-11-22(12-14-30)29-25(31)19-6-2-1-3-7-19/h1-10,15-16,22H,11-14,17H2,(H,29,31). The van der Waals surface area contributed by atoms with Crippen LogP contribution in [0.15, 0.2) is 77.7 Å². The molecule has 3 aromatic rings. The number of benzene rings is 3. The Hall–Kier alpha value is -2.47. The highest BCUT2D eigenvalue weighted by atomic mass is 35.5. The van der Waals surface area contributed by atoms with Crippen molar-refractivity contribution in [3.63, 3.8) is 0 Å². The van der Waals surface area contributed by atoms with Gasteiger partial charge in [0.2, 0.25) is 0 Å². The number of nitrogens with one attached hydrogen (secondary N) is 1. The Morgan fingerprint density at radius 1 is 0.909 bits per heavy atom. The van der Waals surface area contributed by atoms with Gasteiger partial charge in [-0.25, -0.2) is 0 Å². The van der Waals surface area contributed by atoms with Crippen LogP contribution in [0, 0.1) is 0 Å². The Labute approximate surface area is 208 Å². The Bertz CT molecular complexity index is 1130. The molecular weight excluding hydrogens is 475 g/mol. The van der Waals surface area contributed by atoms with E-state index in [9.17, 15) is 9.59 Å². The van der Waals surface area contributed by atoms with E-state index in [1.165, 1.54) is 0 Å². The molecule has 0 atom stereocenters. The fourth-order valence-corrected chi connectivity index (χ4v) is 5.25. The van der Waals surface area contributed by atoms with Gasteiger partial charge >= 0.3 is 0 Å². The molecule has 4 rings (SSSR count). The summed E-state index contributed by atoms with van der Waals surface area (Å²) < 4.78 is 0. The smallest absolute Gasteiger partial charge is 0.253 e. The summed E-state index contributed by atoms with van der Waals surface area (Å²) in [5, 5.41) is 4.40. The molecular formula is C26H24Cl2N2O2S. The molecule has 0 aromatic heterocycles. The molecule has 7 heteroatoms. The zero-order valence-electron chi connectivity index (χ0n) is 18.0. The van der Waals surface area contributed by atoms with Crippen LogP contribution in [0.1, 0.15) is 39.1 Å². The molecule has 0 unspecified atom stereocenters. The largest absolute Gasteiger partial charge is 0.349 e. The lowest BCUT2D eigenvalue weighted by Gasteiger charge is -2.32. The molecule has 4 nitrogen and oxygen atoms in total. The second-order valence-corrected chi connectivity index (χ2v) is 9.83. The van der Waals surface area contributed by atoms with Gasteiger partial charge in [-0.1, -0.05) is 53.5 Å². The van der Waals surface area contributed by atoms with Gasteiger partial charge in [-0.05, 0) is 60.9 Å². The quantitative estimate of drug-likeness (QED) is 0.404. The second-order valence-electron chi connectivity index (χ2n) is 7.97. The number of halogens is 2. The summed E-state index contributed by atoms with van der Waals surface area (Å²) in [7, 11) is 0. The van der Waals surface area contributed by atoms with Crippen LogP contribution in [0.2, 0.25) is 10.0 Å². The van der Waals surface area contributed by atoms with Gasteiger partial charge in [-0.2, -0.15) is 0 Å². The number of piperidine rings is 1. The van der Waals surface area contributed by atoms with Crippen LogP contribution in [0.25, 0.3) is 0 Å². The van der Waals surface area contributed by atoms with Gasteiger partial charge in [0.1, 0.15) is 0 Å². The maximum absolute atomic E-state index is 13.1. The Balaban J connectivity index is 1.31. The van der Waals surface area contributed by atoms with Crippen LogP contribution in [0.3, 0.4) is 0 Å². The zero-order valence-corrected chi connectivity index (χ0v) is 20.3. The van der Waals surface area contributed by atoms with E-state index in [4.69, 9.17) is 23.2 Å². The van der Waals surface area contributed by atoms with Crippen molar-refractivity contribution in [3.8, 4) is 0 Å². The van der Waals surface area contributed by atoms with E-state index in [1.54, 1.807) is 36.0 Å². The molecule has 2 amide bonds. The SMILES string of the molecule is O=C(NC1CCN(C(=O)c2cccc(CSc3cc(Cl)ccc3Cl)c2)CC1)c1ccccc1. The molecule has 33 heavy (non-hydrogen) atoms. The third-order valence-corrected chi connectivity index (χ3v) is 7.42. The van der Waals surface area contributed by atoms with Gasteiger partial charge < -0.3 is 10.2 Å². The summed E-state index contributed by atoms with van der Waals surface area (Å²) in [5.74, 6) is 0.648. The number of amides is 2. The molecule has 0 saturated carbocycles. The van der Waals surface area contributed by atoms with Gasteiger partial charge in [-0.3, -0.25) is 9.59 Å². The summed E-state index contributed by atoms with van der Waals surface area (Å²) in [4.78, 5) is 28.2. The van der Waals surface area contributed by atoms with Crippen molar-refractivity contribution in [2.45, 2.75) is 29.5 Å². The van der Waals surface area contributed by atoms with Crippen molar-refractivity contribution in [2.75, 3.05) is 13.1 Å².